The Hall–Kier alpha value is -1.22. The minimum Gasteiger partial charge on any atom is -0.379 e. The van der Waals surface area contributed by atoms with E-state index in [1.165, 1.54) is 18.3 Å². The van der Waals surface area contributed by atoms with E-state index in [1.807, 2.05) is 0 Å². The van der Waals surface area contributed by atoms with E-state index in [-0.39, 0.29) is 10.5 Å². The summed E-state index contributed by atoms with van der Waals surface area (Å²) in [5.74, 6) is 0. The lowest BCUT2D eigenvalue weighted by Gasteiger charge is -2.26. The number of sulfonamides is 1. The van der Waals surface area contributed by atoms with E-state index in [1.54, 1.807) is 5.01 Å². The fourth-order valence-electron chi connectivity index (χ4n) is 1.44. The molecule has 1 aliphatic rings. The van der Waals surface area contributed by atoms with Crippen LogP contribution >= 0.6 is 0 Å². The Balaban J connectivity index is 2.12. The number of rotatable bonds is 3. The lowest BCUT2D eigenvalue weighted by Crippen LogP contribution is -2.48. The van der Waals surface area contributed by atoms with Crippen molar-refractivity contribution in [3.8, 4) is 0 Å². The number of hydrazine groups is 1. The van der Waals surface area contributed by atoms with Crippen molar-refractivity contribution in [3.63, 3.8) is 0 Å². The number of nitrogens with zero attached hydrogens (tertiary/aromatic N) is 1. The summed E-state index contributed by atoms with van der Waals surface area (Å²) < 4.78 is 28.9. The summed E-state index contributed by atoms with van der Waals surface area (Å²) in [4.78, 5) is 15.6. The standard InChI is InChI=1S/C9H13N3O4S/c13-9-2-1-8(7-10-9)17(14,15)11-12-3-5-16-6-4-12/h1-2,7,11H,3-6H2,(H,10,13). The number of nitrogens with one attached hydrogen (secondary N) is 2. The fourth-order valence-corrected chi connectivity index (χ4v) is 2.53. The number of hydrogen-bond acceptors (Lipinski definition) is 5. The lowest BCUT2D eigenvalue weighted by atomic mass is 10.5. The highest BCUT2D eigenvalue weighted by atomic mass is 32.2. The van der Waals surface area contributed by atoms with E-state index in [9.17, 15) is 13.2 Å². The first-order chi connectivity index (χ1) is 8.08. The zero-order valence-corrected chi connectivity index (χ0v) is 9.87. The normalized spacial score (nSPS) is 18.1. The molecule has 0 radical (unpaired) electrons. The van der Waals surface area contributed by atoms with Crippen LogP contribution in [0.1, 0.15) is 0 Å². The molecule has 0 atom stereocenters. The van der Waals surface area contributed by atoms with Crippen LogP contribution in [0, 0.1) is 0 Å². The van der Waals surface area contributed by atoms with Gasteiger partial charge in [-0.05, 0) is 6.07 Å². The van der Waals surface area contributed by atoms with E-state index in [2.05, 4.69) is 9.82 Å². The topological polar surface area (TPSA) is 91.5 Å². The molecule has 0 spiro atoms. The summed E-state index contributed by atoms with van der Waals surface area (Å²) in [7, 11) is -3.63. The highest BCUT2D eigenvalue weighted by Gasteiger charge is 2.19. The second-order valence-electron chi connectivity index (χ2n) is 3.58. The van der Waals surface area contributed by atoms with Crippen molar-refractivity contribution in [2.45, 2.75) is 4.90 Å². The molecular weight excluding hydrogens is 246 g/mol. The molecule has 2 N–H and O–H groups in total. The van der Waals surface area contributed by atoms with Gasteiger partial charge in [0.25, 0.3) is 10.0 Å². The van der Waals surface area contributed by atoms with Gasteiger partial charge in [-0.15, -0.1) is 4.83 Å². The molecule has 0 aliphatic carbocycles. The van der Waals surface area contributed by atoms with E-state index in [0.29, 0.717) is 26.3 Å². The third-order valence-corrected chi connectivity index (χ3v) is 3.70. The minimum atomic E-state index is -3.63. The number of pyridine rings is 1. The van der Waals surface area contributed by atoms with Crippen LogP contribution in [0.2, 0.25) is 0 Å². The summed E-state index contributed by atoms with van der Waals surface area (Å²) in [6.45, 7) is 1.99. The van der Waals surface area contributed by atoms with Crippen LogP contribution in [0.4, 0.5) is 0 Å². The first-order valence-electron chi connectivity index (χ1n) is 5.12. The second kappa shape index (κ2) is 4.96. The summed E-state index contributed by atoms with van der Waals surface area (Å²) in [6, 6.07) is 2.44. The van der Waals surface area contributed by atoms with E-state index < -0.39 is 10.0 Å². The van der Waals surface area contributed by atoms with E-state index in [0.717, 1.165) is 0 Å². The van der Waals surface area contributed by atoms with Crippen LogP contribution < -0.4 is 10.4 Å². The predicted molar refractivity (Wildman–Crippen MR) is 59.8 cm³/mol. The number of aromatic amines is 1. The maximum absolute atomic E-state index is 11.9. The van der Waals surface area contributed by atoms with Gasteiger partial charge in [-0.2, -0.15) is 0 Å². The summed E-state index contributed by atoms with van der Waals surface area (Å²) in [5.41, 5.74) is -0.338. The molecule has 0 saturated carbocycles. The molecule has 2 rings (SSSR count). The number of hydrogen-bond donors (Lipinski definition) is 2. The van der Waals surface area contributed by atoms with Gasteiger partial charge in [0.05, 0.1) is 18.1 Å². The molecule has 0 unspecified atom stereocenters. The monoisotopic (exact) mass is 259 g/mol. The molecule has 2 heterocycles. The summed E-state index contributed by atoms with van der Waals surface area (Å²) in [5, 5.41) is 1.57. The van der Waals surface area contributed by atoms with E-state index >= 15 is 0 Å². The third kappa shape index (κ3) is 3.13. The molecular formula is C9H13N3O4S. The van der Waals surface area contributed by atoms with Crippen LogP contribution in [0.5, 0.6) is 0 Å². The average Bonchev–Trinajstić information content (AvgIpc) is 2.30. The zero-order valence-electron chi connectivity index (χ0n) is 9.05. The maximum atomic E-state index is 11.9. The Kier molecular flexibility index (Phi) is 3.57. The molecule has 1 fully saturated rings. The highest BCUT2D eigenvalue weighted by molar-refractivity contribution is 7.89. The van der Waals surface area contributed by atoms with Gasteiger partial charge >= 0.3 is 0 Å². The van der Waals surface area contributed by atoms with Gasteiger partial charge in [0.2, 0.25) is 5.56 Å². The molecule has 7 nitrogen and oxygen atoms in total. The predicted octanol–water partition coefficient (Wildman–Crippen LogP) is -1.10. The molecule has 1 aromatic rings. The highest BCUT2D eigenvalue weighted by Crippen LogP contribution is 2.05. The van der Waals surface area contributed by atoms with Gasteiger partial charge in [-0.25, -0.2) is 13.4 Å². The number of morpholine rings is 1. The second-order valence-corrected chi connectivity index (χ2v) is 5.24. The van der Waals surface area contributed by atoms with Crippen LogP contribution in [0.25, 0.3) is 0 Å². The Morgan fingerprint density at radius 2 is 2.00 bits per heavy atom. The molecule has 1 aliphatic heterocycles. The van der Waals surface area contributed by atoms with Crippen molar-refractivity contribution < 1.29 is 13.2 Å². The van der Waals surface area contributed by atoms with Gasteiger partial charge in [0.1, 0.15) is 0 Å². The third-order valence-electron chi connectivity index (χ3n) is 2.33. The Bertz CT molecular complexity index is 513. The number of H-pyrrole nitrogens is 1. The van der Waals surface area contributed by atoms with Crippen molar-refractivity contribution in [1.82, 2.24) is 14.8 Å². The number of aromatic nitrogens is 1. The largest absolute Gasteiger partial charge is 0.379 e. The molecule has 17 heavy (non-hydrogen) atoms. The average molecular weight is 259 g/mol. The van der Waals surface area contributed by atoms with Gasteiger partial charge in [-0.3, -0.25) is 4.79 Å². The van der Waals surface area contributed by atoms with Crippen molar-refractivity contribution in [2.75, 3.05) is 26.3 Å². The molecule has 0 amide bonds. The SMILES string of the molecule is O=c1ccc(S(=O)(=O)NN2CCOCC2)c[nH]1. The van der Waals surface area contributed by atoms with Crippen LogP contribution in [-0.2, 0) is 14.8 Å². The molecule has 0 bridgehead atoms. The number of ether oxygens (including phenoxy) is 1. The Morgan fingerprint density at radius 1 is 1.29 bits per heavy atom. The molecule has 1 saturated heterocycles. The van der Waals surface area contributed by atoms with Crippen LogP contribution in [0.3, 0.4) is 0 Å². The van der Waals surface area contributed by atoms with Crippen molar-refractivity contribution in [2.24, 2.45) is 0 Å². The molecule has 94 valence electrons. The smallest absolute Gasteiger partial charge is 0.254 e. The van der Waals surface area contributed by atoms with E-state index in [4.69, 9.17) is 4.74 Å². The maximum Gasteiger partial charge on any atom is 0.254 e. The van der Waals surface area contributed by atoms with Crippen molar-refractivity contribution in [3.05, 3.63) is 28.7 Å². The minimum absolute atomic E-state index is 0.0311. The summed E-state index contributed by atoms with van der Waals surface area (Å²) in [6.07, 6.45) is 1.17. The molecule has 1 aromatic heterocycles. The lowest BCUT2D eigenvalue weighted by molar-refractivity contribution is 0.0272. The van der Waals surface area contributed by atoms with Gasteiger partial charge < -0.3 is 9.72 Å². The zero-order chi connectivity index (χ0) is 12.3. The van der Waals surface area contributed by atoms with Crippen molar-refractivity contribution in [1.29, 1.82) is 0 Å². The van der Waals surface area contributed by atoms with Crippen LogP contribution in [-0.4, -0.2) is 44.7 Å². The van der Waals surface area contributed by atoms with Gasteiger partial charge in [0, 0.05) is 25.4 Å². The van der Waals surface area contributed by atoms with Gasteiger partial charge in [0.15, 0.2) is 0 Å². The summed E-state index contributed by atoms with van der Waals surface area (Å²) >= 11 is 0. The fraction of sp³-hybridized carbons (Fsp3) is 0.444. The molecule has 8 heteroatoms. The first-order valence-corrected chi connectivity index (χ1v) is 6.60. The Labute approximate surface area is 98.4 Å². The molecule has 0 aromatic carbocycles. The van der Waals surface area contributed by atoms with Crippen LogP contribution in [0.15, 0.2) is 28.0 Å². The Morgan fingerprint density at radius 3 is 2.59 bits per heavy atom. The van der Waals surface area contributed by atoms with Gasteiger partial charge in [-0.1, -0.05) is 0 Å². The quantitative estimate of drug-likeness (QED) is 0.719. The first kappa shape index (κ1) is 12.2. The van der Waals surface area contributed by atoms with Crippen molar-refractivity contribution >= 4 is 10.0 Å².